The van der Waals surface area contributed by atoms with Crippen LogP contribution in [-0.2, 0) is 14.3 Å². The first-order valence-electron chi connectivity index (χ1n) is 6.25. The summed E-state index contributed by atoms with van der Waals surface area (Å²) in [6.07, 6.45) is 2.89. The Morgan fingerprint density at radius 2 is 2.05 bits per heavy atom. The predicted molar refractivity (Wildman–Crippen MR) is 67.0 cm³/mol. The molecule has 0 aromatic rings. The molecular weight excluding hydrogens is 252 g/mol. The van der Waals surface area contributed by atoms with Crippen LogP contribution in [0.3, 0.4) is 0 Å². The number of hydrogen-bond acceptors (Lipinski definition) is 5. The van der Waals surface area contributed by atoms with Gasteiger partial charge >= 0.3 is 5.97 Å². The fraction of sp³-hybridized carbons (Fsp3) is 0.667. The maximum Gasteiger partial charge on any atom is 0.306 e. The smallest absolute Gasteiger partial charge is 0.306 e. The van der Waals surface area contributed by atoms with E-state index in [1.807, 2.05) is 0 Å². The Kier molecular flexibility index (Phi) is 5.98. The van der Waals surface area contributed by atoms with Gasteiger partial charge in [-0.25, -0.2) is 0 Å². The largest absolute Gasteiger partial charge is 0.461 e. The van der Waals surface area contributed by atoms with E-state index in [2.05, 4.69) is 6.58 Å². The highest BCUT2D eigenvalue weighted by atomic mass is 16.6. The zero-order valence-electron chi connectivity index (χ0n) is 10.7. The maximum atomic E-state index is 11.9. The fourth-order valence-corrected chi connectivity index (χ4v) is 1.95. The van der Waals surface area contributed by atoms with Gasteiger partial charge in [0, 0.05) is 24.4 Å². The first-order valence-corrected chi connectivity index (χ1v) is 6.25. The lowest BCUT2D eigenvalue weighted by Crippen LogP contribution is -2.41. The van der Waals surface area contributed by atoms with Crippen LogP contribution < -0.4 is 0 Å². The molecule has 0 bridgehead atoms. The third kappa shape index (κ3) is 4.69. The number of amides is 1. The highest BCUT2D eigenvalue weighted by Gasteiger charge is 2.35. The number of ether oxygens (including phenoxy) is 1. The van der Waals surface area contributed by atoms with Crippen LogP contribution in [0.15, 0.2) is 12.7 Å². The van der Waals surface area contributed by atoms with Crippen LogP contribution in [0.2, 0.25) is 0 Å². The molecule has 7 heteroatoms. The standard InChI is InChI=1S/C12H18N2O5/c1-2-9-19-11(15)6-5-10(14(17)18)12(16)13-7-3-4-8-13/h2,10H,1,3-9H2. The third-order valence-corrected chi connectivity index (χ3v) is 2.94. The van der Waals surface area contributed by atoms with Gasteiger partial charge < -0.3 is 9.64 Å². The number of esters is 1. The van der Waals surface area contributed by atoms with Gasteiger partial charge in [-0.05, 0) is 12.8 Å². The fourth-order valence-electron chi connectivity index (χ4n) is 1.95. The van der Waals surface area contributed by atoms with Crippen molar-refractivity contribution < 1.29 is 19.2 Å². The number of hydrogen-bond donors (Lipinski definition) is 0. The normalized spacial score (nSPS) is 15.9. The van der Waals surface area contributed by atoms with E-state index in [9.17, 15) is 19.7 Å². The second kappa shape index (κ2) is 7.50. The molecule has 1 heterocycles. The zero-order chi connectivity index (χ0) is 14.3. The van der Waals surface area contributed by atoms with Gasteiger partial charge in [0.2, 0.25) is 0 Å². The molecular formula is C12H18N2O5. The van der Waals surface area contributed by atoms with Crippen LogP contribution >= 0.6 is 0 Å². The molecule has 1 unspecified atom stereocenters. The quantitative estimate of drug-likeness (QED) is 0.295. The van der Waals surface area contributed by atoms with Crippen molar-refractivity contribution in [2.45, 2.75) is 31.7 Å². The van der Waals surface area contributed by atoms with Gasteiger partial charge in [0.15, 0.2) is 0 Å². The summed E-state index contributed by atoms with van der Waals surface area (Å²) in [5.41, 5.74) is 0. The Labute approximate surface area is 111 Å². The van der Waals surface area contributed by atoms with Crippen molar-refractivity contribution in [2.75, 3.05) is 19.7 Å². The highest BCUT2D eigenvalue weighted by Crippen LogP contribution is 2.13. The van der Waals surface area contributed by atoms with Crippen molar-refractivity contribution in [1.29, 1.82) is 0 Å². The monoisotopic (exact) mass is 270 g/mol. The Bertz CT molecular complexity index is 363. The Morgan fingerprint density at radius 1 is 1.42 bits per heavy atom. The van der Waals surface area contributed by atoms with Crippen molar-refractivity contribution in [3.05, 3.63) is 22.8 Å². The van der Waals surface area contributed by atoms with E-state index in [0.29, 0.717) is 13.1 Å². The highest BCUT2D eigenvalue weighted by molar-refractivity contribution is 5.81. The number of likely N-dealkylation sites (tertiary alicyclic amines) is 1. The summed E-state index contributed by atoms with van der Waals surface area (Å²) in [7, 11) is 0. The summed E-state index contributed by atoms with van der Waals surface area (Å²) in [5.74, 6) is -1.06. The average Bonchev–Trinajstić information content (AvgIpc) is 2.89. The van der Waals surface area contributed by atoms with E-state index >= 15 is 0 Å². The van der Waals surface area contributed by atoms with Crippen molar-refractivity contribution in [1.82, 2.24) is 4.90 Å². The first kappa shape index (κ1) is 15.1. The maximum absolute atomic E-state index is 11.9. The van der Waals surface area contributed by atoms with E-state index in [4.69, 9.17) is 4.74 Å². The van der Waals surface area contributed by atoms with Crippen molar-refractivity contribution >= 4 is 11.9 Å². The molecule has 106 valence electrons. The predicted octanol–water partition coefficient (Wildman–Crippen LogP) is 0.764. The number of carbonyl (C=O) groups excluding carboxylic acids is 2. The summed E-state index contributed by atoms with van der Waals surface area (Å²) in [5, 5.41) is 10.9. The van der Waals surface area contributed by atoms with E-state index < -0.39 is 22.8 Å². The van der Waals surface area contributed by atoms with Crippen LogP contribution in [0.1, 0.15) is 25.7 Å². The molecule has 0 aromatic carbocycles. The molecule has 1 aliphatic heterocycles. The van der Waals surface area contributed by atoms with Gasteiger partial charge in [0.25, 0.3) is 11.9 Å². The minimum absolute atomic E-state index is 0.0715. The van der Waals surface area contributed by atoms with Crippen LogP contribution in [0.5, 0.6) is 0 Å². The lowest BCUT2D eigenvalue weighted by atomic mass is 10.1. The topological polar surface area (TPSA) is 89.8 Å². The molecule has 19 heavy (non-hydrogen) atoms. The third-order valence-electron chi connectivity index (χ3n) is 2.94. The molecule has 0 radical (unpaired) electrons. The van der Waals surface area contributed by atoms with Gasteiger partial charge in [-0.1, -0.05) is 12.7 Å². The van der Waals surface area contributed by atoms with Gasteiger partial charge in [0.05, 0.1) is 6.42 Å². The minimum Gasteiger partial charge on any atom is -0.461 e. The lowest BCUT2D eigenvalue weighted by Gasteiger charge is -2.17. The first-order chi connectivity index (χ1) is 9.06. The molecule has 1 saturated heterocycles. The Hall–Kier alpha value is -1.92. The molecule has 1 fully saturated rings. The van der Waals surface area contributed by atoms with Gasteiger partial charge in [-0.15, -0.1) is 0 Å². The molecule has 7 nitrogen and oxygen atoms in total. The van der Waals surface area contributed by atoms with Crippen LogP contribution in [0.4, 0.5) is 0 Å². The number of rotatable bonds is 7. The lowest BCUT2D eigenvalue weighted by molar-refractivity contribution is -0.509. The van der Waals surface area contributed by atoms with Crippen molar-refractivity contribution in [3.8, 4) is 0 Å². The molecule has 0 spiro atoms. The average molecular weight is 270 g/mol. The molecule has 0 saturated carbocycles. The van der Waals surface area contributed by atoms with Gasteiger partial charge in [-0.2, -0.15) is 0 Å². The van der Waals surface area contributed by atoms with Gasteiger partial charge in [-0.3, -0.25) is 19.7 Å². The summed E-state index contributed by atoms with van der Waals surface area (Å²) in [4.78, 5) is 35.0. The summed E-state index contributed by atoms with van der Waals surface area (Å²) in [6.45, 7) is 4.58. The Morgan fingerprint density at radius 3 is 2.58 bits per heavy atom. The van der Waals surface area contributed by atoms with E-state index in [1.165, 1.54) is 11.0 Å². The van der Waals surface area contributed by atoms with Crippen LogP contribution in [0.25, 0.3) is 0 Å². The van der Waals surface area contributed by atoms with E-state index in [1.54, 1.807) is 0 Å². The van der Waals surface area contributed by atoms with Crippen molar-refractivity contribution in [2.24, 2.45) is 0 Å². The van der Waals surface area contributed by atoms with Gasteiger partial charge in [0.1, 0.15) is 6.61 Å². The second-order valence-electron chi connectivity index (χ2n) is 4.34. The number of nitro groups is 1. The van der Waals surface area contributed by atoms with Crippen LogP contribution in [0, 0.1) is 10.1 Å². The second-order valence-corrected chi connectivity index (χ2v) is 4.34. The van der Waals surface area contributed by atoms with Crippen molar-refractivity contribution in [3.63, 3.8) is 0 Å². The van der Waals surface area contributed by atoms with Crippen LogP contribution in [-0.4, -0.2) is 47.4 Å². The van der Waals surface area contributed by atoms with E-state index in [-0.39, 0.29) is 19.4 Å². The molecule has 1 amide bonds. The molecule has 1 atom stereocenters. The number of carbonyl (C=O) groups is 2. The SMILES string of the molecule is C=CCOC(=O)CCC(C(=O)N1CCCC1)[N+](=O)[O-]. The summed E-state index contributed by atoms with van der Waals surface area (Å²) < 4.78 is 4.72. The Balaban J connectivity index is 2.48. The molecule has 0 aromatic heterocycles. The molecule has 1 rings (SSSR count). The van der Waals surface area contributed by atoms with E-state index in [0.717, 1.165) is 12.8 Å². The zero-order valence-corrected chi connectivity index (χ0v) is 10.7. The molecule has 0 aliphatic carbocycles. The summed E-state index contributed by atoms with van der Waals surface area (Å²) >= 11 is 0. The minimum atomic E-state index is -1.35. The number of nitrogens with zero attached hydrogens (tertiary/aromatic N) is 2. The summed E-state index contributed by atoms with van der Waals surface area (Å²) in [6, 6.07) is -1.35. The molecule has 1 aliphatic rings. The molecule has 0 N–H and O–H groups in total.